The number of aliphatic hydroxyl groups is 2. The molecule has 0 radical (unpaired) electrons. The number of allylic oxidation sites excluding steroid dienone is 10. The highest BCUT2D eigenvalue weighted by atomic mass is 31.2. The number of carbonyl (C=O) groups excluding carboxylic acids is 2. The smallest absolute Gasteiger partial charge is 0.462 e. The Labute approximate surface area is 372 Å². The van der Waals surface area contributed by atoms with Gasteiger partial charge in [-0.25, -0.2) is 9.13 Å². The number of rotatable bonds is 41. The molecule has 0 heterocycles. The van der Waals surface area contributed by atoms with Crippen molar-refractivity contribution in [2.24, 2.45) is 5.92 Å². The van der Waals surface area contributed by atoms with Crippen LogP contribution in [0.4, 0.5) is 0 Å². The first-order valence-electron chi connectivity index (χ1n) is 22.6. The van der Waals surface area contributed by atoms with Crippen molar-refractivity contribution in [3.8, 4) is 0 Å². The van der Waals surface area contributed by atoms with Gasteiger partial charge in [-0.1, -0.05) is 171 Å². The summed E-state index contributed by atoms with van der Waals surface area (Å²) in [7, 11) is -9.72. The lowest BCUT2D eigenvalue weighted by Gasteiger charge is -2.20. The Bertz CT molecular complexity index is 1400. The Morgan fingerprint density at radius 3 is 1.69 bits per heavy atom. The van der Waals surface area contributed by atoms with E-state index in [9.17, 15) is 33.8 Å². The summed E-state index contributed by atoms with van der Waals surface area (Å²) < 4.78 is 47.7. The van der Waals surface area contributed by atoms with E-state index in [2.05, 4.69) is 42.0 Å². The van der Waals surface area contributed by atoms with Crippen LogP contribution in [0.2, 0.25) is 0 Å². The number of aliphatic hydroxyl groups excluding tert-OH is 2. The quantitative estimate of drug-likeness (QED) is 0.0127. The number of hydrogen-bond acceptors (Lipinski definition) is 11. The van der Waals surface area contributed by atoms with Gasteiger partial charge in [0.15, 0.2) is 6.10 Å². The predicted molar refractivity (Wildman–Crippen MR) is 245 cm³/mol. The lowest BCUT2D eigenvalue weighted by Crippen LogP contribution is -2.29. The van der Waals surface area contributed by atoms with Gasteiger partial charge in [0.25, 0.3) is 0 Å². The summed E-state index contributed by atoms with van der Waals surface area (Å²) in [5, 5.41) is 19.6. The van der Waals surface area contributed by atoms with Gasteiger partial charge in [-0.2, -0.15) is 0 Å². The van der Waals surface area contributed by atoms with Crippen LogP contribution < -0.4 is 0 Å². The summed E-state index contributed by atoms with van der Waals surface area (Å²) in [5.41, 5.74) is 0. The van der Waals surface area contributed by atoms with Crippen LogP contribution in [-0.2, 0) is 41.8 Å². The van der Waals surface area contributed by atoms with E-state index < -0.39 is 72.3 Å². The van der Waals surface area contributed by atoms with Gasteiger partial charge in [-0.3, -0.25) is 23.2 Å². The van der Waals surface area contributed by atoms with Crippen LogP contribution in [0.3, 0.4) is 0 Å². The molecule has 16 heteroatoms. The van der Waals surface area contributed by atoms with Gasteiger partial charge in [0, 0.05) is 12.8 Å². The van der Waals surface area contributed by atoms with E-state index in [1.54, 1.807) is 6.08 Å². The van der Waals surface area contributed by atoms with Gasteiger partial charge >= 0.3 is 27.6 Å². The minimum atomic E-state index is -4.88. The highest BCUT2D eigenvalue weighted by Gasteiger charge is 2.28. The molecule has 0 aliphatic heterocycles. The molecular formula is C46H80O14P2. The standard InChI is InChI=1S/C46H80O14P2/c1-4-5-27-33-42(47)34-29-24-20-16-12-7-6-8-14-18-22-26-31-36-46(50)60-44(40-59-62(54,55)58-38-43(48)37-57-61(51,52)53)39-56-45(49)35-30-25-21-17-13-10-9-11-15-19-23-28-32-41(2)3/h5,7-8,12,14,20,22,24,26-27,29,34,41-44,47-48H,4,6,9-11,13,15-19,21,23,25,28,30-33,35-40H2,1-3H3,(H,54,55)(H2,51,52,53)/b12-7-,14-8-,24-20+,26-22-,27-5-,34-29+/t42?,43-,44+/m0/s1. The van der Waals surface area contributed by atoms with Crippen LogP contribution in [-0.4, -0.2) is 81.6 Å². The Hall–Kier alpha value is -2.48. The van der Waals surface area contributed by atoms with E-state index in [0.29, 0.717) is 25.7 Å². The molecule has 0 aliphatic rings. The maximum Gasteiger partial charge on any atom is 0.472 e. The molecule has 0 spiro atoms. The number of hydrogen-bond donors (Lipinski definition) is 5. The maximum atomic E-state index is 12.6. The van der Waals surface area contributed by atoms with Crippen molar-refractivity contribution in [1.82, 2.24) is 0 Å². The second kappa shape index (κ2) is 40.1. The second-order valence-electron chi connectivity index (χ2n) is 15.6. The Morgan fingerprint density at radius 2 is 1.11 bits per heavy atom. The minimum Gasteiger partial charge on any atom is -0.462 e. The SMILES string of the molecule is CC/C=C\CC(O)/C=C/C=C/C/C=C\C/C=C\C/C=C\CCC(=O)O[C@H](COC(=O)CCCCCCCCCCCCCCC(C)C)COP(=O)(O)OC[C@@H](O)COP(=O)(O)O. The van der Waals surface area contributed by atoms with Gasteiger partial charge in [0.05, 0.1) is 25.9 Å². The van der Waals surface area contributed by atoms with Crippen molar-refractivity contribution in [2.75, 3.05) is 26.4 Å². The number of ether oxygens (including phenoxy) is 2. The third kappa shape index (κ3) is 44.1. The second-order valence-corrected chi connectivity index (χ2v) is 18.3. The fourth-order valence-electron chi connectivity index (χ4n) is 5.70. The van der Waals surface area contributed by atoms with E-state index in [1.807, 2.05) is 54.7 Å². The van der Waals surface area contributed by atoms with Crippen molar-refractivity contribution in [1.29, 1.82) is 0 Å². The topological polar surface area (TPSA) is 216 Å². The fraction of sp³-hybridized carbons (Fsp3) is 0.696. The molecule has 5 N–H and O–H groups in total. The number of carbonyl (C=O) groups is 2. The Balaban J connectivity index is 4.66. The van der Waals surface area contributed by atoms with Crippen LogP contribution in [0, 0.1) is 5.92 Å². The molecule has 0 aromatic carbocycles. The van der Waals surface area contributed by atoms with Gasteiger partial charge in [0.2, 0.25) is 0 Å². The summed E-state index contributed by atoms with van der Waals surface area (Å²) in [6, 6.07) is 0. The third-order valence-corrected chi connectivity index (χ3v) is 10.6. The Kier molecular flexibility index (Phi) is 38.5. The zero-order valence-corrected chi connectivity index (χ0v) is 39.5. The predicted octanol–water partition coefficient (Wildman–Crippen LogP) is 10.6. The summed E-state index contributed by atoms with van der Waals surface area (Å²) in [6.07, 6.45) is 39.6. The van der Waals surface area contributed by atoms with Crippen LogP contribution in [0.15, 0.2) is 72.9 Å². The number of esters is 2. The van der Waals surface area contributed by atoms with E-state index in [0.717, 1.165) is 44.4 Å². The molecule has 0 amide bonds. The van der Waals surface area contributed by atoms with E-state index in [4.69, 9.17) is 23.8 Å². The molecule has 0 bridgehead atoms. The third-order valence-electron chi connectivity index (χ3n) is 9.12. The van der Waals surface area contributed by atoms with Crippen LogP contribution >= 0.6 is 15.6 Å². The zero-order valence-electron chi connectivity index (χ0n) is 37.7. The van der Waals surface area contributed by atoms with E-state index >= 15 is 0 Å². The van der Waals surface area contributed by atoms with Gasteiger partial charge in [0.1, 0.15) is 12.7 Å². The van der Waals surface area contributed by atoms with Gasteiger partial charge < -0.3 is 34.4 Å². The lowest BCUT2D eigenvalue weighted by atomic mass is 10.0. The number of phosphoric ester groups is 2. The summed E-state index contributed by atoms with van der Waals surface area (Å²) in [6.45, 7) is 3.77. The molecule has 0 aliphatic carbocycles. The molecule has 0 saturated heterocycles. The van der Waals surface area contributed by atoms with E-state index in [-0.39, 0.29) is 12.8 Å². The number of unbranched alkanes of at least 4 members (excludes halogenated alkanes) is 11. The van der Waals surface area contributed by atoms with Crippen molar-refractivity contribution in [3.63, 3.8) is 0 Å². The molecule has 14 nitrogen and oxygen atoms in total. The van der Waals surface area contributed by atoms with Crippen molar-refractivity contribution < 1.29 is 66.7 Å². The molecule has 4 atom stereocenters. The normalized spacial score (nSPS) is 15.2. The van der Waals surface area contributed by atoms with Crippen molar-refractivity contribution in [2.45, 2.75) is 174 Å². The van der Waals surface area contributed by atoms with Crippen LogP contribution in [0.1, 0.15) is 156 Å². The zero-order chi connectivity index (χ0) is 46.2. The van der Waals surface area contributed by atoms with Crippen LogP contribution in [0.25, 0.3) is 0 Å². The van der Waals surface area contributed by atoms with Crippen molar-refractivity contribution >= 4 is 27.6 Å². The molecular weight excluding hydrogens is 838 g/mol. The average Bonchev–Trinajstić information content (AvgIpc) is 3.21. The highest BCUT2D eigenvalue weighted by molar-refractivity contribution is 7.47. The minimum absolute atomic E-state index is 0.0114. The Morgan fingerprint density at radius 1 is 0.581 bits per heavy atom. The monoisotopic (exact) mass is 919 g/mol. The van der Waals surface area contributed by atoms with Crippen molar-refractivity contribution in [3.05, 3.63) is 72.9 Å². The fourth-order valence-corrected chi connectivity index (χ4v) is 6.86. The first-order chi connectivity index (χ1) is 29.6. The molecule has 0 rings (SSSR count). The molecule has 2 unspecified atom stereocenters. The molecule has 0 aromatic rings. The molecule has 0 saturated carbocycles. The first-order valence-corrected chi connectivity index (χ1v) is 25.6. The first kappa shape index (κ1) is 59.5. The largest absolute Gasteiger partial charge is 0.472 e. The maximum absolute atomic E-state index is 12.6. The summed E-state index contributed by atoms with van der Waals surface area (Å²) in [4.78, 5) is 52.7. The molecule has 0 fully saturated rings. The highest BCUT2D eigenvalue weighted by Crippen LogP contribution is 2.43. The molecule has 0 aromatic heterocycles. The molecule has 358 valence electrons. The van der Waals surface area contributed by atoms with E-state index in [1.165, 1.54) is 57.8 Å². The average molecular weight is 919 g/mol. The van der Waals surface area contributed by atoms with Gasteiger partial charge in [-0.15, -0.1) is 0 Å². The summed E-state index contributed by atoms with van der Waals surface area (Å²) >= 11 is 0. The van der Waals surface area contributed by atoms with Crippen LogP contribution in [0.5, 0.6) is 0 Å². The lowest BCUT2D eigenvalue weighted by molar-refractivity contribution is -0.161. The number of phosphoric acid groups is 2. The summed E-state index contributed by atoms with van der Waals surface area (Å²) in [5.74, 6) is -0.365. The molecule has 62 heavy (non-hydrogen) atoms. The van der Waals surface area contributed by atoms with Gasteiger partial charge in [-0.05, 0) is 50.9 Å².